The van der Waals surface area contributed by atoms with Crippen molar-refractivity contribution in [2.45, 2.75) is 52.2 Å². The lowest BCUT2D eigenvalue weighted by Gasteiger charge is -2.27. The maximum atomic E-state index is 11.6. The van der Waals surface area contributed by atoms with E-state index in [0.717, 1.165) is 24.8 Å². The number of amides is 1. The zero-order valence-corrected chi connectivity index (χ0v) is 13.6. The third kappa shape index (κ3) is 6.57. The smallest absolute Gasteiger partial charge is 0.407 e. The largest absolute Gasteiger partial charge is 0.444 e. The second kappa shape index (κ2) is 7.27. The van der Waals surface area contributed by atoms with Crippen LogP contribution in [0.5, 0.6) is 0 Å². The number of carbonyl (C=O) groups is 1. The molecule has 0 aliphatic heterocycles. The molecule has 1 saturated carbocycles. The minimum atomic E-state index is -0.448. The highest BCUT2D eigenvalue weighted by atomic mass is 16.6. The van der Waals surface area contributed by atoms with E-state index in [2.05, 4.69) is 24.2 Å². The fourth-order valence-electron chi connectivity index (χ4n) is 2.35. The summed E-state index contributed by atoms with van der Waals surface area (Å²) < 4.78 is 5.21. The maximum absolute atomic E-state index is 11.6. The highest BCUT2D eigenvalue weighted by Gasteiger charge is 2.34. The molecule has 0 aromatic heterocycles. The Kier molecular flexibility index (Phi) is 6.27. The Morgan fingerprint density at radius 3 is 2.55 bits per heavy atom. The van der Waals surface area contributed by atoms with Crippen LogP contribution in [0.4, 0.5) is 4.79 Å². The molecule has 0 aromatic rings. The van der Waals surface area contributed by atoms with Crippen LogP contribution in [-0.4, -0.2) is 49.3 Å². The van der Waals surface area contributed by atoms with E-state index in [0.29, 0.717) is 19.1 Å². The van der Waals surface area contributed by atoms with Gasteiger partial charge in [0.05, 0.1) is 0 Å². The van der Waals surface area contributed by atoms with E-state index in [9.17, 15) is 4.79 Å². The maximum Gasteiger partial charge on any atom is 0.407 e. The first-order valence-corrected chi connectivity index (χ1v) is 7.60. The molecule has 0 radical (unpaired) electrons. The van der Waals surface area contributed by atoms with Crippen molar-refractivity contribution in [2.75, 3.05) is 26.7 Å². The van der Waals surface area contributed by atoms with Gasteiger partial charge in [-0.1, -0.05) is 6.92 Å². The normalized spacial score (nSPS) is 23.6. The molecule has 3 N–H and O–H groups in total. The molecule has 3 atom stereocenters. The van der Waals surface area contributed by atoms with Gasteiger partial charge in [0.25, 0.3) is 0 Å². The molecule has 0 bridgehead atoms. The second-order valence-corrected chi connectivity index (χ2v) is 7.02. The van der Waals surface area contributed by atoms with Crippen molar-refractivity contribution in [1.29, 1.82) is 0 Å². The van der Waals surface area contributed by atoms with Gasteiger partial charge in [0.1, 0.15) is 5.60 Å². The minimum absolute atomic E-state index is 0.317. The zero-order valence-electron chi connectivity index (χ0n) is 13.6. The monoisotopic (exact) mass is 285 g/mol. The van der Waals surface area contributed by atoms with Crippen LogP contribution in [0.3, 0.4) is 0 Å². The van der Waals surface area contributed by atoms with Crippen LogP contribution in [0.15, 0.2) is 0 Å². The molecule has 118 valence electrons. The van der Waals surface area contributed by atoms with Crippen LogP contribution in [0.25, 0.3) is 0 Å². The predicted octanol–water partition coefficient (Wildman–Crippen LogP) is 1.82. The van der Waals surface area contributed by atoms with Gasteiger partial charge in [-0.3, -0.25) is 0 Å². The Morgan fingerprint density at radius 1 is 1.50 bits per heavy atom. The number of carbonyl (C=O) groups excluding carboxylic acids is 1. The summed E-state index contributed by atoms with van der Waals surface area (Å²) in [5.41, 5.74) is 5.39. The van der Waals surface area contributed by atoms with Crippen molar-refractivity contribution in [1.82, 2.24) is 10.2 Å². The first kappa shape index (κ1) is 17.2. The van der Waals surface area contributed by atoms with Crippen LogP contribution in [-0.2, 0) is 4.74 Å². The average Bonchev–Trinajstić information content (AvgIpc) is 2.97. The number of hydrogen-bond acceptors (Lipinski definition) is 4. The molecule has 3 unspecified atom stereocenters. The number of alkyl carbamates (subject to hydrolysis) is 1. The van der Waals surface area contributed by atoms with Gasteiger partial charge in [-0.15, -0.1) is 0 Å². The topological polar surface area (TPSA) is 67.6 Å². The summed E-state index contributed by atoms with van der Waals surface area (Å²) in [6.07, 6.45) is 1.83. The Bertz CT molecular complexity index is 315. The van der Waals surface area contributed by atoms with Crippen LogP contribution in [0, 0.1) is 11.8 Å². The summed E-state index contributed by atoms with van der Waals surface area (Å²) in [5.74, 6) is 1.68. The summed E-state index contributed by atoms with van der Waals surface area (Å²) in [4.78, 5) is 13.9. The van der Waals surface area contributed by atoms with E-state index in [-0.39, 0.29) is 6.09 Å². The Hall–Kier alpha value is -0.810. The molecule has 1 fully saturated rings. The molecule has 1 aliphatic rings. The van der Waals surface area contributed by atoms with Gasteiger partial charge in [0.15, 0.2) is 0 Å². The highest BCUT2D eigenvalue weighted by molar-refractivity contribution is 5.67. The van der Waals surface area contributed by atoms with Crippen molar-refractivity contribution in [3.63, 3.8) is 0 Å². The van der Waals surface area contributed by atoms with Gasteiger partial charge < -0.3 is 20.7 Å². The molecular weight excluding hydrogens is 254 g/mol. The number of rotatable bonds is 7. The fraction of sp³-hybridized carbons (Fsp3) is 0.933. The van der Waals surface area contributed by atoms with Crippen molar-refractivity contribution in [3.8, 4) is 0 Å². The van der Waals surface area contributed by atoms with Gasteiger partial charge in [0.2, 0.25) is 0 Å². The standard InChI is InChI=1S/C15H31N3O2/c1-11-8-12(11)10-18(5)13(9-16)6-7-17-14(19)20-15(2,3)4/h11-13H,6-10,16H2,1-5H3,(H,17,19). The molecule has 1 rings (SSSR count). The Morgan fingerprint density at radius 2 is 2.10 bits per heavy atom. The van der Waals surface area contributed by atoms with Gasteiger partial charge >= 0.3 is 6.09 Å². The first-order chi connectivity index (χ1) is 9.23. The highest BCUT2D eigenvalue weighted by Crippen LogP contribution is 2.38. The van der Waals surface area contributed by atoms with Crippen molar-refractivity contribution in [2.24, 2.45) is 17.6 Å². The summed E-state index contributed by atoms with van der Waals surface area (Å²) in [5, 5.41) is 2.79. The van der Waals surface area contributed by atoms with Crippen molar-refractivity contribution >= 4 is 6.09 Å². The molecule has 5 nitrogen and oxygen atoms in total. The predicted molar refractivity (Wildman–Crippen MR) is 81.6 cm³/mol. The molecule has 20 heavy (non-hydrogen) atoms. The third-order valence-electron chi connectivity index (χ3n) is 3.84. The second-order valence-electron chi connectivity index (χ2n) is 7.02. The van der Waals surface area contributed by atoms with Gasteiger partial charge in [-0.25, -0.2) is 4.79 Å². The molecule has 1 amide bonds. The molecular formula is C15H31N3O2. The number of nitrogens with one attached hydrogen (secondary N) is 1. The van der Waals surface area contributed by atoms with Crippen LogP contribution >= 0.6 is 0 Å². The lowest BCUT2D eigenvalue weighted by atomic mass is 10.1. The van der Waals surface area contributed by atoms with E-state index in [1.54, 1.807) is 0 Å². The first-order valence-electron chi connectivity index (χ1n) is 7.60. The van der Waals surface area contributed by atoms with E-state index in [1.165, 1.54) is 6.42 Å². The summed E-state index contributed by atoms with van der Waals surface area (Å²) in [6, 6.07) is 0.317. The molecule has 0 aromatic carbocycles. The number of nitrogens with zero attached hydrogens (tertiary/aromatic N) is 1. The SMILES string of the molecule is CC1CC1CN(C)C(CN)CCNC(=O)OC(C)(C)C. The van der Waals surface area contributed by atoms with Crippen LogP contribution in [0.1, 0.15) is 40.5 Å². The van der Waals surface area contributed by atoms with Crippen LogP contribution in [0.2, 0.25) is 0 Å². The van der Waals surface area contributed by atoms with E-state index in [4.69, 9.17) is 10.5 Å². The minimum Gasteiger partial charge on any atom is -0.444 e. The molecule has 0 heterocycles. The van der Waals surface area contributed by atoms with E-state index in [1.807, 2.05) is 20.8 Å². The molecule has 0 saturated heterocycles. The molecule has 0 spiro atoms. The van der Waals surface area contributed by atoms with Gasteiger partial charge in [0, 0.05) is 25.7 Å². The number of likely N-dealkylation sites (N-methyl/N-ethyl adjacent to an activating group) is 1. The molecule has 1 aliphatic carbocycles. The number of ether oxygens (including phenoxy) is 1. The molecule has 5 heteroatoms. The van der Waals surface area contributed by atoms with Crippen LogP contribution < -0.4 is 11.1 Å². The Balaban J connectivity index is 2.21. The van der Waals surface area contributed by atoms with Gasteiger partial charge in [-0.05, 0) is 52.5 Å². The number of hydrogen-bond donors (Lipinski definition) is 2. The summed E-state index contributed by atoms with van der Waals surface area (Å²) in [6.45, 7) is 10.2. The van der Waals surface area contributed by atoms with E-state index < -0.39 is 5.60 Å². The lowest BCUT2D eigenvalue weighted by molar-refractivity contribution is 0.0522. The quantitative estimate of drug-likeness (QED) is 0.748. The Labute approximate surface area is 123 Å². The fourth-order valence-corrected chi connectivity index (χ4v) is 2.35. The van der Waals surface area contributed by atoms with Gasteiger partial charge in [-0.2, -0.15) is 0 Å². The zero-order chi connectivity index (χ0) is 15.3. The average molecular weight is 285 g/mol. The number of nitrogens with two attached hydrogens (primary N) is 1. The van der Waals surface area contributed by atoms with Crippen molar-refractivity contribution in [3.05, 3.63) is 0 Å². The third-order valence-corrected chi connectivity index (χ3v) is 3.84. The van der Waals surface area contributed by atoms with Crippen molar-refractivity contribution < 1.29 is 9.53 Å². The summed E-state index contributed by atoms with van der Waals surface area (Å²) >= 11 is 0. The lowest BCUT2D eigenvalue weighted by Crippen LogP contribution is -2.42. The van der Waals surface area contributed by atoms with E-state index >= 15 is 0 Å². The summed E-state index contributed by atoms with van der Waals surface area (Å²) in [7, 11) is 2.12.